The van der Waals surface area contributed by atoms with Gasteiger partial charge in [0.2, 0.25) is 5.91 Å². The van der Waals surface area contributed by atoms with Crippen LogP contribution in [0.1, 0.15) is 51.4 Å². The van der Waals surface area contributed by atoms with E-state index in [-0.39, 0.29) is 5.92 Å². The van der Waals surface area contributed by atoms with E-state index in [0.717, 1.165) is 32.5 Å². The summed E-state index contributed by atoms with van der Waals surface area (Å²) in [6.45, 7) is 5.18. The highest BCUT2D eigenvalue weighted by Crippen LogP contribution is 2.31. The first-order valence-corrected chi connectivity index (χ1v) is 9.01. The van der Waals surface area contributed by atoms with Crippen LogP contribution in [0.15, 0.2) is 0 Å². The molecule has 2 saturated heterocycles. The summed E-state index contributed by atoms with van der Waals surface area (Å²) in [4.78, 5) is 17.5. The number of nitrogens with two attached hydrogens (primary N) is 1. The number of hydrogen-bond donors (Lipinski definition) is 1. The number of nitrogens with zero attached hydrogens (tertiary/aromatic N) is 2. The molecule has 4 heteroatoms. The highest BCUT2D eigenvalue weighted by Gasteiger charge is 2.35. The molecule has 0 aromatic carbocycles. The Morgan fingerprint density at radius 2 is 1.81 bits per heavy atom. The standard InChI is InChI=1S/C17H31N3O/c18-12-14-5-4-6-15(11-14)17(21)20-10-7-16(13-20)19-8-2-1-3-9-19/h14-16H,1-13,18H2. The van der Waals surface area contributed by atoms with E-state index in [1.807, 2.05) is 0 Å². The Labute approximate surface area is 129 Å². The van der Waals surface area contributed by atoms with Gasteiger partial charge in [0.15, 0.2) is 0 Å². The molecule has 0 radical (unpaired) electrons. The zero-order chi connectivity index (χ0) is 14.7. The van der Waals surface area contributed by atoms with Gasteiger partial charge in [0.1, 0.15) is 0 Å². The summed E-state index contributed by atoms with van der Waals surface area (Å²) in [5.41, 5.74) is 5.81. The van der Waals surface area contributed by atoms with E-state index >= 15 is 0 Å². The van der Waals surface area contributed by atoms with Crippen molar-refractivity contribution in [3.05, 3.63) is 0 Å². The predicted octanol–water partition coefficient (Wildman–Crippen LogP) is 1.84. The molecule has 3 fully saturated rings. The van der Waals surface area contributed by atoms with Gasteiger partial charge < -0.3 is 10.6 Å². The van der Waals surface area contributed by atoms with Crippen LogP contribution in [0.25, 0.3) is 0 Å². The van der Waals surface area contributed by atoms with Crippen LogP contribution >= 0.6 is 0 Å². The van der Waals surface area contributed by atoms with Crippen molar-refractivity contribution in [2.75, 3.05) is 32.7 Å². The summed E-state index contributed by atoms with van der Waals surface area (Å²) in [7, 11) is 0. The lowest BCUT2D eigenvalue weighted by atomic mass is 9.81. The molecule has 0 aromatic rings. The molecular formula is C17H31N3O. The minimum atomic E-state index is 0.257. The second-order valence-electron chi connectivity index (χ2n) is 7.29. The fourth-order valence-electron chi connectivity index (χ4n) is 4.51. The highest BCUT2D eigenvalue weighted by atomic mass is 16.2. The first kappa shape index (κ1) is 15.3. The maximum atomic E-state index is 12.8. The predicted molar refractivity (Wildman–Crippen MR) is 84.9 cm³/mol. The first-order valence-electron chi connectivity index (χ1n) is 9.01. The third kappa shape index (κ3) is 3.59. The van der Waals surface area contributed by atoms with Crippen LogP contribution in [-0.2, 0) is 4.79 Å². The number of likely N-dealkylation sites (tertiary alicyclic amines) is 2. The van der Waals surface area contributed by atoms with Crippen LogP contribution in [-0.4, -0.2) is 54.5 Å². The molecule has 2 aliphatic heterocycles. The van der Waals surface area contributed by atoms with Crippen LogP contribution in [0, 0.1) is 11.8 Å². The average Bonchev–Trinajstić information content (AvgIpc) is 3.05. The SMILES string of the molecule is NCC1CCCC(C(=O)N2CCC(N3CCCCC3)C2)C1. The lowest BCUT2D eigenvalue weighted by molar-refractivity contribution is -0.136. The van der Waals surface area contributed by atoms with Gasteiger partial charge in [0, 0.05) is 25.0 Å². The van der Waals surface area contributed by atoms with Gasteiger partial charge in [-0.3, -0.25) is 9.69 Å². The second-order valence-corrected chi connectivity index (χ2v) is 7.29. The molecule has 2 N–H and O–H groups in total. The maximum Gasteiger partial charge on any atom is 0.225 e. The molecule has 4 nitrogen and oxygen atoms in total. The molecule has 3 aliphatic rings. The van der Waals surface area contributed by atoms with E-state index in [0.29, 0.717) is 17.9 Å². The Morgan fingerprint density at radius 3 is 2.57 bits per heavy atom. The Kier molecular flexibility index (Phi) is 5.17. The lowest BCUT2D eigenvalue weighted by Crippen LogP contribution is -2.43. The third-order valence-electron chi connectivity index (χ3n) is 5.85. The van der Waals surface area contributed by atoms with E-state index in [1.54, 1.807) is 0 Å². The van der Waals surface area contributed by atoms with Gasteiger partial charge >= 0.3 is 0 Å². The fraction of sp³-hybridized carbons (Fsp3) is 0.941. The highest BCUT2D eigenvalue weighted by molar-refractivity contribution is 5.79. The lowest BCUT2D eigenvalue weighted by Gasteiger charge is -2.33. The summed E-state index contributed by atoms with van der Waals surface area (Å²) in [5.74, 6) is 1.26. The molecule has 0 aromatic heterocycles. The molecule has 1 aliphatic carbocycles. The average molecular weight is 293 g/mol. The first-order chi connectivity index (χ1) is 10.3. The van der Waals surface area contributed by atoms with Crippen molar-refractivity contribution < 1.29 is 4.79 Å². The van der Waals surface area contributed by atoms with Crippen molar-refractivity contribution >= 4 is 5.91 Å². The van der Waals surface area contributed by atoms with E-state index in [2.05, 4.69) is 9.80 Å². The molecule has 1 saturated carbocycles. The van der Waals surface area contributed by atoms with Crippen LogP contribution in [0.5, 0.6) is 0 Å². The quantitative estimate of drug-likeness (QED) is 0.864. The van der Waals surface area contributed by atoms with Crippen molar-refractivity contribution in [1.29, 1.82) is 0 Å². The van der Waals surface area contributed by atoms with Gasteiger partial charge in [0.05, 0.1) is 0 Å². The van der Waals surface area contributed by atoms with Gasteiger partial charge in [-0.25, -0.2) is 0 Å². The van der Waals surface area contributed by atoms with E-state index in [1.165, 1.54) is 51.6 Å². The Bertz CT molecular complexity index is 354. The summed E-state index contributed by atoms with van der Waals surface area (Å²) in [5, 5.41) is 0. The molecule has 21 heavy (non-hydrogen) atoms. The molecule has 0 bridgehead atoms. The van der Waals surface area contributed by atoms with Gasteiger partial charge in [-0.05, 0) is 64.1 Å². The summed E-state index contributed by atoms with van der Waals surface area (Å²) < 4.78 is 0. The van der Waals surface area contributed by atoms with Gasteiger partial charge in [0.25, 0.3) is 0 Å². The number of carbonyl (C=O) groups is 1. The minimum Gasteiger partial charge on any atom is -0.341 e. The Hall–Kier alpha value is -0.610. The number of amides is 1. The summed E-state index contributed by atoms with van der Waals surface area (Å²) >= 11 is 0. The Morgan fingerprint density at radius 1 is 1.00 bits per heavy atom. The molecule has 1 amide bonds. The van der Waals surface area contributed by atoms with Crippen molar-refractivity contribution in [3.63, 3.8) is 0 Å². The molecule has 2 heterocycles. The minimum absolute atomic E-state index is 0.257. The molecule has 120 valence electrons. The van der Waals surface area contributed by atoms with Crippen LogP contribution in [0.4, 0.5) is 0 Å². The van der Waals surface area contributed by atoms with Gasteiger partial charge in [-0.15, -0.1) is 0 Å². The van der Waals surface area contributed by atoms with Crippen molar-refractivity contribution in [1.82, 2.24) is 9.80 Å². The van der Waals surface area contributed by atoms with E-state index < -0.39 is 0 Å². The van der Waals surface area contributed by atoms with Crippen LogP contribution in [0.3, 0.4) is 0 Å². The van der Waals surface area contributed by atoms with Crippen molar-refractivity contribution in [2.24, 2.45) is 17.6 Å². The van der Waals surface area contributed by atoms with E-state index in [9.17, 15) is 4.79 Å². The largest absolute Gasteiger partial charge is 0.341 e. The van der Waals surface area contributed by atoms with Crippen LogP contribution in [0.2, 0.25) is 0 Å². The third-order valence-corrected chi connectivity index (χ3v) is 5.85. The number of rotatable bonds is 3. The molecule has 3 rings (SSSR count). The fourth-order valence-corrected chi connectivity index (χ4v) is 4.51. The monoisotopic (exact) mass is 293 g/mol. The Balaban J connectivity index is 1.51. The second kappa shape index (κ2) is 7.10. The molecule has 3 atom stereocenters. The normalized spacial score (nSPS) is 35.1. The number of carbonyl (C=O) groups excluding carboxylic acids is 1. The van der Waals surface area contributed by atoms with Crippen molar-refractivity contribution in [2.45, 2.75) is 57.4 Å². The maximum absolute atomic E-state index is 12.8. The molecular weight excluding hydrogens is 262 g/mol. The zero-order valence-electron chi connectivity index (χ0n) is 13.3. The van der Waals surface area contributed by atoms with Crippen LogP contribution < -0.4 is 5.73 Å². The van der Waals surface area contributed by atoms with E-state index in [4.69, 9.17) is 5.73 Å². The number of hydrogen-bond acceptors (Lipinski definition) is 3. The topological polar surface area (TPSA) is 49.6 Å². The number of piperidine rings is 1. The smallest absolute Gasteiger partial charge is 0.225 e. The molecule has 3 unspecified atom stereocenters. The van der Waals surface area contributed by atoms with Crippen molar-refractivity contribution in [3.8, 4) is 0 Å². The summed E-state index contributed by atoms with van der Waals surface area (Å²) in [6.07, 6.45) is 9.75. The molecule has 0 spiro atoms. The summed E-state index contributed by atoms with van der Waals surface area (Å²) in [6, 6.07) is 0.628. The van der Waals surface area contributed by atoms with Gasteiger partial charge in [-0.1, -0.05) is 12.8 Å². The van der Waals surface area contributed by atoms with Gasteiger partial charge in [-0.2, -0.15) is 0 Å². The zero-order valence-corrected chi connectivity index (χ0v) is 13.3.